The Morgan fingerprint density at radius 3 is 2.06 bits per heavy atom. The highest BCUT2D eigenvalue weighted by Crippen LogP contribution is 2.37. The molecule has 2 aromatic carbocycles. The first-order valence-corrected chi connectivity index (χ1v) is 14.5. The number of halogens is 3. The van der Waals surface area contributed by atoms with Crippen LogP contribution in [-0.4, -0.2) is 54.9 Å². The van der Waals surface area contributed by atoms with Gasteiger partial charge in [0.05, 0.1) is 11.6 Å². The number of nitrogens with two attached hydrogens (primary N) is 5. The van der Waals surface area contributed by atoms with Gasteiger partial charge in [0.25, 0.3) is 0 Å². The van der Waals surface area contributed by atoms with Gasteiger partial charge in [0.15, 0.2) is 17.7 Å². The summed E-state index contributed by atoms with van der Waals surface area (Å²) >= 11 is 0. The predicted molar refractivity (Wildman–Crippen MR) is 172 cm³/mol. The third-order valence-corrected chi connectivity index (χ3v) is 6.81. The van der Waals surface area contributed by atoms with Crippen molar-refractivity contribution >= 4 is 46.4 Å². The molecule has 0 aliphatic heterocycles. The van der Waals surface area contributed by atoms with Gasteiger partial charge in [-0.3, -0.25) is 19.6 Å². The smallest absolute Gasteiger partial charge is 0.418 e. The maximum Gasteiger partial charge on any atom is 0.418 e. The Bertz CT molecular complexity index is 1720. The second-order valence-electron chi connectivity index (χ2n) is 10.5. The number of fused-ring (bicyclic) bond motifs is 1. The fourth-order valence-electron chi connectivity index (χ4n) is 4.63. The summed E-state index contributed by atoms with van der Waals surface area (Å²) in [6.45, 7) is -0.137. The zero-order valence-electron chi connectivity index (χ0n) is 25.6. The fourth-order valence-corrected chi connectivity index (χ4v) is 4.63. The summed E-state index contributed by atoms with van der Waals surface area (Å²) in [6, 6.07) is 8.70. The van der Waals surface area contributed by atoms with Gasteiger partial charge in [-0.1, -0.05) is 30.3 Å². The topological polar surface area (TPSA) is 270 Å². The second kappa shape index (κ2) is 16.7. The number of anilines is 1. The van der Waals surface area contributed by atoms with Crippen LogP contribution in [-0.2, 0) is 22.3 Å². The minimum atomic E-state index is -5.19. The maximum absolute atomic E-state index is 14.5. The molecule has 258 valence electrons. The average Bonchev–Trinajstić information content (AvgIpc) is 3.01. The van der Waals surface area contributed by atoms with E-state index in [9.17, 15) is 32.3 Å². The van der Waals surface area contributed by atoms with Crippen molar-refractivity contribution in [3.8, 4) is 0 Å². The van der Waals surface area contributed by atoms with Gasteiger partial charge in [-0.25, -0.2) is 9.59 Å². The number of benzene rings is 2. The van der Waals surface area contributed by atoms with Gasteiger partial charge >= 0.3 is 17.9 Å². The molecule has 1 heterocycles. The number of carbonyl (C=O) groups is 3. The Hall–Kier alpha value is -5.81. The molecule has 1 aromatic heterocycles. The van der Waals surface area contributed by atoms with Crippen molar-refractivity contribution in [3.05, 3.63) is 75.6 Å². The van der Waals surface area contributed by atoms with E-state index < -0.39 is 63.8 Å². The molecule has 48 heavy (non-hydrogen) atoms. The molecule has 0 aliphatic rings. The summed E-state index contributed by atoms with van der Waals surface area (Å²) in [5, 5.41) is 4.18. The summed E-state index contributed by atoms with van der Waals surface area (Å²) in [5.41, 5.74) is 22.7. The van der Waals surface area contributed by atoms with Crippen LogP contribution in [0, 0.1) is 0 Å². The number of alkyl halides is 3. The average molecular weight is 676 g/mol. The number of nitrogen functional groups attached to an aromatic ring is 1. The predicted octanol–water partition coefficient (Wildman–Crippen LogP) is 1.46. The molecule has 18 heteroatoms. The molecule has 0 radical (unpaired) electrons. The van der Waals surface area contributed by atoms with Crippen LogP contribution in [0.15, 0.2) is 67.7 Å². The number of amides is 2. The molecule has 0 bridgehead atoms. The van der Waals surface area contributed by atoms with E-state index in [2.05, 4.69) is 20.6 Å². The lowest BCUT2D eigenvalue weighted by Crippen LogP contribution is -2.52. The van der Waals surface area contributed by atoms with E-state index in [1.807, 2.05) is 0 Å². The molecule has 0 aliphatic carbocycles. The molecule has 0 saturated heterocycles. The summed E-state index contributed by atoms with van der Waals surface area (Å²) in [5.74, 6) is -2.85. The van der Waals surface area contributed by atoms with Crippen LogP contribution in [0.25, 0.3) is 11.0 Å². The van der Waals surface area contributed by atoms with Crippen LogP contribution in [0.4, 0.5) is 23.7 Å². The van der Waals surface area contributed by atoms with E-state index in [0.717, 1.165) is 18.2 Å². The first-order chi connectivity index (χ1) is 22.7. The van der Waals surface area contributed by atoms with Gasteiger partial charge in [0.2, 0.25) is 5.91 Å². The number of Topliss-reactive ketones (excluding diaryl/α,β-unsaturated/α-hetero) is 1. The van der Waals surface area contributed by atoms with Gasteiger partial charge in [-0.2, -0.15) is 13.2 Å². The number of nitrogens with zero attached hydrogens (tertiary/aromatic N) is 2. The molecule has 0 fully saturated rings. The Labute approximate surface area is 271 Å². The SMILES string of the molecule is NC(N)=NCCC[C@H](NC(=O)OCc1ccccc1)C(=O)N[C@@H](CCCN=C(N)N)C(=O)c1c(C(F)(F)F)c2ccc(N)cc2oc1=O. The molecule has 2 atom stereocenters. The van der Waals surface area contributed by atoms with Gasteiger partial charge in [0, 0.05) is 30.2 Å². The number of hydrogen-bond donors (Lipinski definition) is 7. The molecule has 3 rings (SSSR count). The zero-order chi connectivity index (χ0) is 35.4. The highest BCUT2D eigenvalue weighted by atomic mass is 19.4. The highest BCUT2D eigenvalue weighted by molar-refractivity contribution is 6.06. The van der Waals surface area contributed by atoms with E-state index in [1.54, 1.807) is 30.3 Å². The van der Waals surface area contributed by atoms with Gasteiger partial charge in [-0.05, 0) is 43.4 Å². The minimum Gasteiger partial charge on any atom is -0.445 e. The fraction of sp³-hybridized carbons (Fsp3) is 0.333. The number of ketones is 1. The lowest BCUT2D eigenvalue weighted by Gasteiger charge is -2.23. The summed E-state index contributed by atoms with van der Waals surface area (Å²) in [4.78, 5) is 60.6. The Morgan fingerprint density at radius 2 is 1.48 bits per heavy atom. The van der Waals surface area contributed by atoms with Gasteiger partial charge < -0.3 is 48.5 Å². The molecule has 0 saturated carbocycles. The lowest BCUT2D eigenvalue weighted by molar-refractivity contribution is -0.136. The summed E-state index contributed by atoms with van der Waals surface area (Å²) in [6.07, 6.45) is -6.42. The quantitative estimate of drug-likeness (QED) is 0.0303. The summed E-state index contributed by atoms with van der Waals surface area (Å²) < 4.78 is 53.6. The molecular weight excluding hydrogens is 639 g/mol. The lowest BCUT2D eigenvalue weighted by atomic mass is 9.94. The largest absolute Gasteiger partial charge is 0.445 e. The second-order valence-corrected chi connectivity index (χ2v) is 10.5. The van der Waals surface area contributed by atoms with Crippen LogP contribution in [0.1, 0.15) is 47.2 Å². The van der Waals surface area contributed by atoms with Gasteiger partial charge in [0.1, 0.15) is 23.8 Å². The van der Waals surface area contributed by atoms with Crippen molar-refractivity contribution in [1.29, 1.82) is 0 Å². The van der Waals surface area contributed by atoms with Crippen LogP contribution in [0.3, 0.4) is 0 Å². The number of rotatable bonds is 15. The zero-order valence-corrected chi connectivity index (χ0v) is 25.6. The first-order valence-electron chi connectivity index (χ1n) is 14.5. The van der Waals surface area contributed by atoms with E-state index >= 15 is 0 Å². The standard InChI is InChI=1S/C30H36F3N9O6/c31-30(32,33)23-18-11-10-17(34)14-21(18)48-26(45)22(23)24(43)19(8-4-12-39-27(35)36)41-25(44)20(9-5-13-40-28(37)38)42-29(46)47-15-16-6-2-1-3-7-16/h1-3,6-7,10-11,14,19-20H,4-5,8-9,12-13,15,34H2,(H,41,44)(H,42,46)(H4,35,36,39)(H4,37,38,40)/t19-,20-/m0/s1. The molecule has 0 unspecified atom stereocenters. The van der Waals surface area contributed by atoms with Crippen LogP contribution in [0.2, 0.25) is 0 Å². The van der Waals surface area contributed by atoms with Crippen molar-refractivity contribution in [2.24, 2.45) is 32.9 Å². The van der Waals surface area contributed by atoms with Crippen molar-refractivity contribution in [1.82, 2.24) is 10.6 Å². The number of aliphatic imine (C=N–C) groups is 2. The van der Waals surface area contributed by atoms with E-state index in [1.165, 1.54) is 0 Å². The van der Waals surface area contributed by atoms with Gasteiger partial charge in [-0.15, -0.1) is 0 Å². The van der Waals surface area contributed by atoms with Crippen molar-refractivity contribution in [3.63, 3.8) is 0 Å². The van der Waals surface area contributed by atoms with E-state index in [0.29, 0.717) is 5.56 Å². The van der Waals surface area contributed by atoms with Crippen molar-refractivity contribution < 1.29 is 36.7 Å². The molecule has 3 aromatic rings. The first kappa shape index (κ1) is 36.7. The molecule has 15 nitrogen and oxygen atoms in total. The van der Waals surface area contributed by atoms with E-state index in [-0.39, 0.29) is 63.0 Å². The normalized spacial score (nSPS) is 12.4. The van der Waals surface area contributed by atoms with E-state index in [4.69, 9.17) is 37.8 Å². The Morgan fingerprint density at radius 1 is 0.875 bits per heavy atom. The number of hydrogen-bond acceptors (Lipinski definition) is 9. The minimum absolute atomic E-state index is 0.00686. The number of alkyl carbamates (subject to hydrolysis) is 1. The molecular formula is C30H36F3N9O6. The van der Waals surface area contributed by atoms with Crippen LogP contribution < -0.4 is 44.9 Å². The van der Waals surface area contributed by atoms with Crippen LogP contribution >= 0.6 is 0 Å². The monoisotopic (exact) mass is 675 g/mol. The van der Waals surface area contributed by atoms with Crippen molar-refractivity contribution in [2.75, 3.05) is 18.8 Å². The Balaban J connectivity index is 1.96. The maximum atomic E-state index is 14.5. The molecule has 12 N–H and O–H groups in total. The number of nitrogens with one attached hydrogen (secondary N) is 2. The van der Waals surface area contributed by atoms with Crippen LogP contribution in [0.5, 0.6) is 0 Å². The Kier molecular flexibility index (Phi) is 12.7. The molecule has 2 amide bonds. The number of ether oxygens (including phenoxy) is 1. The highest BCUT2D eigenvalue weighted by Gasteiger charge is 2.42. The third kappa shape index (κ3) is 10.6. The number of guanidine groups is 2. The molecule has 0 spiro atoms. The third-order valence-electron chi connectivity index (χ3n) is 6.81. The summed E-state index contributed by atoms with van der Waals surface area (Å²) in [7, 11) is 0. The van der Waals surface area contributed by atoms with Crippen molar-refractivity contribution in [2.45, 2.75) is 50.6 Å². The number of carbonyl (C=O) groups excluding carboxylic acids is 3.